The minimum absolute atomic E-state index is 0. The smallest absolute Gasteiger partial charge is 0.191 e. The normalized spacial score (nSPS) is 16.7. The van der Waals surface area contributed by atoms with Crippen LogP contribution in [0.25, 0.3) is 0 Å². The first-order valence-electron chi connectivity index (χ1n) is 10.6. The van der Waals surface area contributed by atoms with E-state index in [1.165, 1.54) is 5.69 Å². The summed E-state index contributed by atoms with van der Waals surface area (Å²) in [4.78, 5) is 7.20. The Hall–Kier alpha value is -1.22. The molecule has 1 aromatic rings. The second-order valence-electron chi connectivity index (χ2n) is 7.71. The van der Waals surface area contributed by atoms with Crippen LogP contribution in [0.15, 0.2) is 29.3 Å². The van der Waals surface area contributed by atoms with Crippen LogP contribution in [-0.4, -0.2) is 59.0 Å². The van der Waals surface area contributed by atoms with Gasteiger partial charge in [-0.1, -0.05) is 26.0 Å². The molecule has 0 bridgehead atoms. The van der Waals surface area contributed by atoms with Crippen molar-refractivity contribution < 1.29 is 9.47 Å². The molecule has 0 amide bonds. The highest BCUT2D eigenvalue weighted by Gasteiger charge is 2.24. The van der Waals surface area contributed by atoms with Crippen LogP contribution in [0.2, 0.25) is 0 Å². The molecular weight excluding hydrogens is 479 g/mol. The van der Waals surface area contributed by atoms with Crippen molar-refractivity contribution in [2.75, 3.05) is 57.9 Å². The maximum atomic E-state index is 5.67. The standard InChI is InChI=1S/C22H38N4O2.HI/c1-5-23-22(24-12-15-28-14-11-18(2)3)25-16-19-10-13-26(17-19)20-8-6-7-9-21(20)27-4;/h6-9,18-19H,5,10-17H2,1-4H3,(H2,23,24,25);1H. The highest BCUT2D eigenvalue weighted by molar-refractivity contribution is 14.0. The minimum Gasteiger partial charge on any atom is -0.495 e. The van der Waals surface area contributed by atoms with Gasteiger partial charge >= 0.3 is 0 Å². The Labute approximate surface area is 193 Å². The number of methoxy groups -OCH3 is 1. The number of halogens is 1. The third kappa shape index (κ3) is 9.42. The van der Waals surface area contributed by atoms with Crippen LogP contribution in [0.1, 0.15) is 33.6 Å². The number of hydrogen-bond acceptors (Lipinski definition) is 4. The Balaban J connectivity index is 0.00000420. The molecule has 29 heavy (non-hydrogen) atoms. The molecule has 0 saturated carbocycles. The molecule has 2 rings (SSSR count). The number of aliphatic imine (C=N–C) groups is 1. The fourth-order valence-corrected chi connectivity index (χ4v) is 3.32. The molecule has 1 atom stereocenters. The van der Waals surface area contributed by atoms with Gasteiger partial charge in [-0.2, -0.15) is 0 Å². The van der Waals surface area contributed by atoms with Gasteiger partial charge in [0.05, 0.1) is 19.4 Å². The van der Waals surface area contributed by atoms with Crippen LogP contribution in [-0.2, 0) is 4.74 Å². The van der Waals surface area contributed by atoms with E-state index in [0.717, 1.165) is 63.9 Å². The zero-order valence-electron chi connectivity index (χ0n) is 18.4. The highest BCUT2D eigenvalue weighted by atomic mass is 127. The maximum absolute atomic E-state index is 5.67. The molecule has 0 aromatic heterocycles. The van der Waals surface area contributed by atoms with Crippen molar-refractivity contribution >= 4 is 35.6 Å². The second-order valence-corrected chi connectivity index (χ2v) is 7.71. The largest absolute Gasteiger partial charge is 0.495 e. The molecule has 1 unspecified atom stereocenters. The number of benzene rings is 1. The second kappa shape index (κ2) is 14.7. The highest BCUT2D eigenvalue weighted by Crippen LogP contribution is 2.31. The average Bonchev–Trinajstić information content (AvgIpc) is 3.17. The number of ether oxygens (including phenoxy) is 2. The number of hydrogen-bond donors (Lipinski definition) is 2. The van der Waals surface area contributed by atoms with Gasteiger partial charge in [0.1, 0.15) is 5.75 Å². The quantitative estimate of drug-likeness (QED) is 0.202. The van der Waals surface area contributed by atoms with Gasteiger partial charge in [0.25, 0.3) is 0 Å². The molecule has 0 aliphatic carbocycles. The number of guanidine groups is 1. The maximum Gasteiger partial charge on any atom is 0.191 e. The van der Waals surface area contributed by atoms with Crippen molar-refractivity contribution in [2.24, 2.45) is 16.8 Å². The molecule has 1 fully saturated rings. The molecule has 2 N–H and O–H groups in total. The SMILES string of the molecule is CCNC(=NCC1CCN(c2ccccc2OC)C1)NCCOCCC(C)C.I. The Morgan fingerprint density at radius 1 is 1.24 bits per heavy atom. The molecule has 1 saturated heterocycles. The van der Waals surface area contributed by atoms with Crippen LogP contribution in [0, 0.1) is 11.8 Å². The number of nitrogens with one attached hydrogen (secondary N) is 2. The van der Waals surface area contributed by atoms with Crippen LogP contribution in [0.3, 0.4) is 0 Å². The summed E-state index contributed by atoms with van der Waals surface area (Å²) in [5.41, 5.74) is 1.18. The van der Waals surface area contributed by atoms with Crippen molar-refractivity contribution in [1.29, 1.82) is 0 Å². The van der Waals surface area contributed by atoms with Gasteiger partial charge in [-0.15, -0.1) is 24.0 Å². The number of para-hydroxylation sites is 2. The summed E-state index contributed by atoms with van der Waals surface area (Å²) in [5, 5.41) is 6.70. The van der Waals surface area contributed by atoms with Crippen molar-refractivity contribution in [1.82, 2.24) is 10.6 Å². The first-order valence-corrected chi connectivity index (χ1v) is 10.6. The van der Waals surface area contributed by atoms with E-state index >= 15 is 0 Å². The molecule has 1 aliphatic heterocycles. The van der Waals surface area contributed by atoms with Gasteiger partial charge in [0.15, 0.2) is 5.96 Å². The lowest BCUT2D eigenvalue weighted by atomic mass is 10.1. The summed E-state index contributed by atoms with van der Waals surface area (Å²) in [6.07, 6.45) is 2.26. The van der Waals surface area contributed by atoms with Crippen molar-refractivity contribution in [3.8, 4) is 5.75 Å². The van der Waals surface area contributed by atoms with Gasteiger partial charge in [-0.05, 0) is 43.7 Å². The van der Waals surface area contributed by atoms with Crippen LogP contribution < -0.4 is 20.3 Å². The Morgan fingerprint density at radius 2 is 2.03 bits per heavy atom. The lowest BCUT2D eigenvalue weighted by Crippen LogP contribution is -2.39. The minimum atomic E-state index is 0. The van der Waals surface area contributed by atoms with Crippen molar-refractivity contribution in [3.63, 3.8) is 0 Å². The first-order chi connectivity index (χ1) is 13.6. The van der Waals surface area contributed by atoms with E-state index in [-0.39, 0.29) is 24.0 Å². The molecule has 7 heteroatoms. The Kier molecular flexibility index (Phi) is 13.1. The van der Waals surface area contributed by atoms with Crippen molar-refractivity contribution in [3.05, 3.63) is 24.3 Å². The summed E-state index contributed by atoms with van der Waals surface area (Å²) < 4.78 is 11.2. The molecule has 1 heterocycles. The average molecular weight is 518 g/mol. The van der Waals surface area contributed by atoms with E-state index in [2.05, 4.69) is 48.4 Å². The summed E-state index contributed by atoms with van der Waals surface area (Å²) in [6.45, 7) is 12.6. The lowest BCUT2D eigenvalue weighted by Gasteiger charge is -2.21. The molecular formula is C22H39IN4O2. The molecule has 0 spiro atoms. The van der Waals surface area contributed by atoms with E-state index in [0.29, 0.717) is 18.4 Å². The summed E-state index contributed by atoms with van der Waals surface area (Å²) in [7, 11) is 1.73. The fraction of sp³-hybridized carbons (Fsp3) is 0.682. The van der Waals surface area contributed by atoms with Crippen LogP contribution in [0.4, 0.5) is 5.69 Å². The fourth-order valence-electron chi connectivity index (χ4n) is 3.32. The molecule has 0 radical (unpaired) electrons. The number of nitrogens with zero attached hydrogens (tertiary/aromatic N) is 2. The monoisotopic (exact) mass is 518 g/mol. The van der Waals surface area contributed by atoms with Gasteiger partial charge in [0, 0.05) is 39.3 Å². The Bertz CT molecular complexity index is 598. The van der Waals surface area contributed by atoms with E-state index in [4.69, 9.17) is 14.5 Å². The van der Waals surface area contributed by atoms with E-state index < -0.39 is 0 Å². The number of anilines is 1. The molecule has 6 nitrogen and oxygen atoms in total. The topological polar surface area (TPSA) is 58.1 Å². The van der Waals surface area contributed by atoms with Gasteiger partial charge < -0.3 is 25.0 Å². The summed E-state index contributed by atoms with van der Waals surface area (Å²) in [6, 6.07) is 8.24. The summed E-state index contributed by atoms with van der Waals surface area (Å²) >= 11 is 0. The third-order valence-electron chi connectivity index (χ3n) is 4.94. The van der Waals surface area contributed by atoms with Gasteiger partial charge in [-0.25, -0.2) is 0 Å². The summed E-state index contributed by atoms with van der Waals surface area (Å²) in [5.74, 6) is 3.07. The lowest BCUT2D eigenvalue weighted by molar-refractivity contribution is 0.128. The predicted molar refractivity (Wildman–Crippen MR) is 133 cm³/mol. The van der Waals surface area contributed by atoms with Crippen LogP contribution in [0.5, 0.6) is 5.75 Å². The first kappa shape index (κ1) is 25.8. The molecule has 1 aliphatic rings. The van der Waals surface area contributed by atoms with E-state index in [1.54, 1.807) is 7.11 Å². The third-order valence-corrected chi connectivity index (χ3v) is 4.94. The van der Waals surface area contributed by atoms with Gasteiger partial charge in [0.2, 0.25) is 0 Å². The van der Waals surface area contributed by atoms with Crippen LogP contribution >= 0.6 is 24.0 Å². The van der Waals surface area contributed by atoms with E-state index in [1.807, 2.05) is 12.1 Å². The molecule has 166 valence electrons. The van der Waals surface area contributed by atoms with Gasteiger partial charge in [-0.3, -0.25) is 4.99 Å². The predicted octanol–water partition coefficient (Wildman–Crippen LogP) is 3.76. The molecule has 1 aromatic carbocycles. The Morgan fingerprint density at radius 3 is 2.76 bits per heavy atom. The zero-order chi connectivity index (χ0) is 20.2. The van der Waals surface area contributed by atoms with E-state index in [9.17, 15) is 0 Å². The zero-order valence-corrected chi connectivity index (χ0v) is 20.8. The van der Waals surface area contributed by atoms with Crippen molar-refractivity contribution in [2.45, 2.75) is 33.6 Å². The number of rotatable bonds is 11.